The first kappa shape index (κ1) is 12.5. The molecule has 0 saturated heterocycles. The van der Waals surface area contributed by atoms with E-state index >= 15 is 0 Å². The van der Waals surface area contributed by atoms with Gasteiger partial charge in [0.15, 0.2) is 17.7 Å². The molecule has 2 atom stereocenters. The van der Waals surface area contributed by atoms with Gasteiger partial charge in [0, 0.05) is 11.6 Å². The molecular weight excluding hydrogens is 229 g/mol. The second-order valence-electron chi connectivity index (χ2n) is 3.02. The lowest BCUT2D eigenvalue weighted by Crippen LogP contribution is -2.28. The highest BCUT2D eigenvalue weighted by atomic mass is 19.2. The number of halogens is 3. The lowest BCUT2D eigenvalue weighted by atomic mass is 10.0. The molecule has 2 unspecified atom stereocenters. The van der Waals surface area contributed by atoms with Crippen molar-refractivity contribution in [1.82, 2.24) is 0 Å². The van der Waals surface area contributed by atoms with Gasteiger partial charge >= 0.3 is 5.97 Å². The molecule has 88 valence electrons. The Morgan fingerprint density at radius 3 is 2.25 bits per heavy atom. The Labute approximate surface area is 87.6 Å². The van der Waals surface area contributed by atoms with Gasteiger partial charge in [0.2, 0.25) is 0 Å². The molecule has 3 N–H and O–H groups in total. The summed E-state index contributed by atoms with van der Waals surface area (Å²) < 4.78 is 38.4. The highest BCUT2D eigenvalue weighted by Crippen LogP contribution is 2.23. The lowest BCUT2D eigenvalue weighted by molar-refractivity contribution is -0.153. The Hall–Kier alpha value is -1.60. The maximum atomic E-state index is 13.1. The first-order valence-corrected chi connectivity index (χ1v) is 4.08. The standard InChI is InChI=1S/C9H7F3O4/c10-3-1-4(6(12)5(11)2-3)7(13)8(14)9(15)16/h1-2,7-8,13-14H,(H,15,16). The van der Waals surface area contributed by atoms with Crippen LogP contribution in [-0.2, 0) is 4.79 Å². The molecule has 4 nitrogen and oxygen atoms in total. The fourth-order valence-electron chi connectivity index (χ4n) is 1.10. The highest BCUT2D eigenvalue weighted by Gasteiger charge is 2.29. The van der Waals surface area contributed by atoms with E-state index in [0.717, 1.165) is 0 Å². The van der Waals surface area contributed by atoms with Crippen molar-refractivity contribution in [1.29, 1.82) is 0 Å². The summed E-state index contributed by atoms with van der Waals surface area (Å²) >= 11 is 0. The van der Waals surface area contributed by atoms with Gasteiger partial charge in [-0.1, -0.05) is 0 Å². The molecule has 0 aliphatic rings. The van der Waals surface area contributed by atoms with Gasteiger partial charge in [-0.25, -0.2) is 18.0 Å². The van der Waals surface area contributed by atoms with Gasteiger partial charge in [0.05, 0.1) is 0 Å². The Morgan fingerprint density at radius 2 is 1.75 bits per heavy atom. The molecule has 0 amide bonds. The van der Waals surface area contributed by atoms with Crippen LogP contribution in [0.4, 0.5) is 13.2 Å². The maximum Gasteiger partial charge on any atom is 0.335 e. The summed E-state index contributed by atoms with van der Waals surface area (Å²) in [6, 6.07) is 0.647. The first-order valence-electron chi connectivity index (χ1n) is 4.08. The molecule has 7 heteroatoms. The van der Waals surface area contributed by atoms with Crippen LogP contribution in [0, 0.1) is 17.5 Å². The minimum Gasteiger partial charge on any atom is -0.479 e. The zero-order chi connectivity index (χ0) is 12.5. The third-order valence-corrected chi connectivity index (χ3v) is 1.89. The van der Waals surface area contributed by atoms with Crippen molar-refractivity contribution in [2.45, 2.75) is 12.2 Å². The average Bonchev–Trinajstić information content (AvgIpc) is 2.21. The third kappa shape index (κ3) is 2.31. The van der Waals surface area contributed by atoms with Crippen molar-refractivity contribution in [3.05, 3.63) is 35.1 Å². The number of carboxylic acids is 1. The fourth-order valence-corrected chi connectivity index (χ4v) is 1.10. The van der Waals surface area contributed by atoms with Gasteiger partial charge in [0.25, 0.3) is 0 Å². The molecule has 1 aromatic rings. The van der Waals surface area contributed by atoms with E-state index in [0.29, 0.717) is 6.07 Å². The summed E-state index contributed by atoms with van der Waals surface area (Å²) in [6.45, 7) is 0. The quantitative estimate of drug-likeness (QED) is 0.671. The second-order valence-corrected chi connectivity index (χ2v) is 3.02. The van der Waals surface area contributed by atoms with Gasteiger partial charge in [-0.2, -0.15) is 0 Å². The van der Waals surface area contributed by atoms with Crippen molar-refractivity contribution >= 4 is 5.97 Å². The third-order valence-electron chi connectivity index (χ3n) is 1.89. The predicted molar refractivity (Wildman–Crippen MR) is 44.9 cm³/mol. The van der Waals surface area contributed by atoms with Crippen LogP contribution in [0.15, 0.2) is 12.1 Å². The fraction of sp³-hybridized carbons (Fsp3) is 0.222. The largest absolute Gasteiger partial charge is 0.479 e. The van der Waals surface area contributed by atoms with E-state index in [9.17, 15) is 23.1 Å². The Morgan fingerprint density at radius 1 is 1.19 bits per heavy atom. The van der Waals surface area contributed by atoms with Crippen LogP contribution in [0.5, 0.6) is 0 Å². The predicted octanol–water partition coefficient (Wildman–Crippen LogP) is 0.583. The van der Waals surface area contributed by atoms with Crippen molar-refractivity contribution in [2.75, 3.05) is 0 Å². The molecule has 0 bridgehead atoms. The van der Waals surface area contributed by atoms with E-state index in [4.69, 9.17) is 10.2 Å². The summed E-state index contributed by atoms with van der Waals surface area (Å²) in [5.74, 6) is -6.21. The molecule has 0 spiro atoms. The number of aliphatic carboxylic acids is 1. The maximum absolute atomic E-state index is 13.1. The number of hydrogen-bond donors (Lipinski definition) is 3. The van der Waals surface area contributed by atoms with E-state index < -0.39 is 41.2 Å². The smallest absolute Gasteiger partial charge is 0.335 e. The van der Waals surface area contributed by atoms with E-state index in [-0.39, 0.29) is 6.07 Å². The monoisotopic (exact) mass is 236 g/mol. The van der Waals surface area contributed by atoms with E-state index in [1.807, 2.05) is 0 Å². The topological polar surface area (TPSA) is 77.8 Å². The molecule has 0 aromatic heterocycles. The lowest BCUT2D eigenvalue weighted by Gasteiger charge is -2.15. The SMILES string of the molecule is O=C(O)C(O)C(O)c1cc(F)cc(F)c1F. The molecule has 0 aliphatic heterocycles. The van der Waals surface area contributed by atoms with Crippen LogP contribution < -0.4 is 0 Å². The molecule has 0 saturated carbocycles. The number of aliphatic hydroxyl groups excluding tert-OH is 2. The molecule has 16 heavy (non-hydrogen) atoms. The number of benzene rings is 1. The minimum absolute atomic E-state index is 0.235. The summed E-state index contributed by atoms with van der Waals surface area (Å²) in [6.07, 6.45) is -4.61. The minimum atomic E-state index is -2.37. The second kappa shape index (κ2) is 4.50. The number of hydrogen-bond acceptors (Lipinski definition) is 3. The zero-order valence-electron chi connectivity index (χ0n) is 7.69. The molecule has 0 aliphatic carbocycles. The summed E-state index contributed by atoms with van der Waals surface area (Å²) in [4.78, 5) is 10.3. The molecule has 0 heterocycles. The van der Waals surface area contributed by atoms with Crippen molar-refractivity contribution in [2.24, 2.45) is 0 Å². The van der Waals surface area contributed by atoms with E-state index in [1.165, 1.54) is 0 Å². The molecule has 0 radical (unpaired) electrons. The molecule has 1 aromatic carbocycles. The highest BCUT2D eigenvalue weighted by molar-refractivity contribution is 5.73. The Bertz CT molecular complexity index is 421. The normalized spacial score (nSPS) is 14.6. The van der Waals surface area contributed by atoms with Crippen molar-refractivity contribution < 1.29 is 33.3 Å². The Kier molecular flexibility index (Phi) is 3.51. The number of aliphatic hydroxyl groups is 2. The molecule has 1 rings (SSSR count). The van der Waals surface area contributed by atoms with Gasteiger partial charge in [-0.05, 0) is 6.07 Å². The van der Waals surface area contributed by atoms with Crippen molar-refractivity contribution in [3.8, 4) is 0 Å². The molecule has 0 fully saturated rings. The number of rotatable bonds is 3. The molecular formula is C9H7F3O4. The summed E-state index contributed by atoms with van der Waals surface area (Å²) in [5, 5.41) is 26.4. The number of carboxylic acid groups (broad SMARTS) is 1. The van der Waals surface area contributed by atoms with Gasteiger partial charge in [-0.15, -0.1) is 0 Å². The Balaban J connectivity index is 3.17. The van der Waals surface area contributed by atoms with Crippen molar-refractivity contribution in [3.63, 3.8) is 0 Å². The van der Waals surface area contributed by atoms with Crippen LogP contribution in [0.25, 0.3) is 0 Å². The summed E-state index contributed by atoms with van der Waals surface area (Å²) in [7, 11) is 0. The average molecular weight is 236 g/mol. The first-order chi connectivity index (χ1) is 7.34. The van der Waals surface area contributed by atoms with E-state index in [1.54, 1.807) is 0 Å². The van der Waals surface area contributed by atoms with Crippen LogP contribution in [0.2, 0.25) is 0 Å². The van der Waals surface area contributed by atoms with Crippen LogP contribution >= 0.6 is 0 Å². The van der Waals surface area contributed by atoms with Gasteiger partial charge < -0.3 is 15.3 Å². The van der Waals surface area contributed by atoms with Crippen LogP contribution in [0.3, 0.4) is 0 Å². The van der Waals surface area contributed by atoms with E-state index in [2.05, 4.69) is 0 Å². The number of carbonyl (C=O) groups is 1. The summed E-state index contributed by atoms with van der Waals surface area (Å²) in [5.41, 5.74) is -0.951. The van der Waals surface area contributed by atoms with Crippen LogP contribution in [-0.4, -0.2) is 27.4 Å². The van der Waals surface area contributed by atoms with Crippen LogP contribution in [0.1, 0.15) is 11.7 Å². The van der Waals surface area contributed by atoms with Gasteiger partial charge in [0.1, 0.15) is 11.9 Å². The van der Waals surface area contributed by atoms with Gasteiger partial charge in [-0.3, -0.25) is 0 Å². The zero-order valence-corrected chi connectivity index (χ0v) is 7.69.